The van der Waals surface area contributed by atoms with Gasteiger partial charge < -0.3 is 20.9 Å². The third-order valence-electron chi connectivity index (χ3n) is 5.67. The van der Waals surface area contributed by atoms with Crippen molar-refractivity contribution >= 4 is 34.1 Å². The molecule has 188 valence electrons. The lowest BCUT2D eigenvalue weighted by molar-refractivity contribution is -0.141. The van der Waals surface area contributed by atoms with Crippen molar-refractivity contribution < 1.29 is 26.9 Å². The molecule has 0 radical (unpaired) electrons. The molecule has 0 saturated heterocycles. The monoisotopic (exact) mass is 510 g/mol. The maximum atomic E-state index is 15.0. The molecule has 2 heterocycles. The second-order valence-electron chi connectivity index (χ2n) is 8.02. The number of fused-ring (bicyclic) bond motifs is 1. The second-order valence-corrected chi connectivity index (χ2v) is 8.02. The van der Waals surface area contributed by atoms with E-state index in [1.165, 1.54) is 30.3 Å². The lowest BCUT2D eigenvalue weighted by atomic mass is 10.0. The third kappa shape index (κ3) is 4.44. The summed E-state index contributed by atoms with van der Waals surface area (Å²) in [7, 11) is 1.71. The average Bonchev–Trinajstić information content (AvgIpc) is 3.48. The van der Waals surface area contributed by atoms with Gasteiger partial charge in [0.1, 0.15) is 11.5 Å². The number of hydrogen-bond acceptors (Lipinski definition) is 6. The van der Waals surface area contributed by atoms with Crippen molar-refractivity contribution in [2.24, 2.45) is 0 Å². The van der Waals surface area contributed by atoms with Crippen LogP contribution in [-0.4, -0.2) is 27.9 Å². The van der Waals surface area contributed by atoms with Gasteiger partial charge in [-0.05, 0) is 42.5 Å². The van der Waals surface area contributed by atoms with Crippen LogP contribution in [0.4, 0.5) is 34.8 Å². The number of nitrogens with two attached hydrogens (primary N) is 1. The Balaban J connectivity index is 1.50. The standard InChI is InChI=1S/C25H18F4N6O2/c1-31-19-5-3-2-4-16(19)15-8-6-13(10-18(15)26)32-24(36)20-12-22(25(27,28)29)33-35(20)14-7-9-21-17(11-14)23(30)34-37-21/h2-12,31H,1H3,(H2,30,34)(H,32,36). The number of para-hydroxylation sites is 1. The minimum atomic E-state index is -4.81. The number of nitrogens with zero attached hydrogens (tertiary/aromatic N) is 3. The zero-order valence-corrected chi connectivity index (χ0v) is 19.1. The number of nitrogens with one attached hydrogen (secondary N) is 2. The molecule has 12 heteroatoms. The molecule has 1 amide bonds. The highest BCUT2D eigenvalue weighted by Crippen LogP contribution is 2.33. The number of benzene rings is 3. The highest BCUT2D eigenvalue weighted by molar-refractivity contribution is 6.04. The number of rotatable bonds is 5. The maximum absolute atomic E-state index is 15.0. The van der Waals surface area contributed by atoms with Crippen molar-refractivity contribution in [1.29, 1.82) is 0 Å². The topological polar surface area (TPSA) is 111 Å². The van der Waals surface area contributed by atoms with Crippen LogP contribution in [0, 0.1) is 5.82 Å². The van der Waals surface area contributed by atoms with Crippen LogP contribution in [0.3, 0.4) is 0 Å². The molecule has 0 atom stereocenters. The number of nitrogen functional groups attached to an aromatic ring is 1. The van der Waals surface area contributed by atoms with Crippen LogP contribution in [0.5, 0.6) is 0 Å². The molecular formula is C25H18F4N6O2. The zero-order valence-electron chi connectivity index (χ0n) is 19.1. The van der Waals surface area contributed by atoms with Gasteiger partial charge in [-0.3, -0.25) is 4.79 Å². The predicted octanol–water partition coefficient (Wildman–Crippen LogP) is 5.71. The van der Waals surface area contributed by atoms with E-state index in [4.69, 9.17) is 10.3 Å². The Kier molecular flexibility index (Phi) is 5.78. The van der Waals surface area contributed by atoms with Crippen LogP contribution in [0.25, 0.3) is 27.8 Å². The fraction of sp³-hybridized carbons (Fsp3) is 0.0800. The fourth-order valence-electron chi connectivity index (χ4n) is 3.90. The fourth-order valence-corrected chi connectivity index (χ4v) is 3.90. The molecule has 5 rings (SSSR count). The number of amides is 1. The first-order valence-electron chi connectivity index (χ1n) is 10.9. The van der Waals surface area contributed by atoms with Crippen molar-refractivity contribution in [3.63, 3.8) is 0 Å². The summed E-state index contributed by atoms with van der Waals surface area (Å²) in [6.45, 7) is 0. The molecule has 0 aliphatic rings. The molecule has 0 aliphatic heterocycles. The van der Waals surface area contributed by atoms with E-state index in [2.05, 4.69) is 20.9 Å². The summed E-state index contributed by atoms with van der Waals surface area (Å²) in [5.74, 6) is -1.52. The van der Waals surface area contributed by atoms with E-state index >= 15 is 0 Å². The smallest absolute Gasteiger partial charge is 0.388 e. The van der Waals surface area contributed by atoms with E-state index in [0.29, 0.717) is 28.3 Å². The van der Waals surface area contributed by atoms with Gasteiger partial charge in [0, 0.05) is 35.6 Å². The summed E-state index contributed by atoms with van der Waals surface area (Å²) in [6, 6.07) is 16.0. The first kappa shape index (κ1) is 23.9. The van der Waals surface area contributed by atoms with E-state index in [0.717, 1.165) is 10.7 Å². The molecule has 0 bridgehead atoms. The van der Waals surface area contributed by atoms with Gasteiger partial charge >= 0.3 is 6.18 Å². The molecule has 3 aromatic carbocycles. The van der Waals surface area contributed by atoms with Gasteiger partial charge in [-0.2, -0.15) is 18.3 Å². The van der Waals surface area contributed by atoms with Crippen molar-refractivity contribution in [1.82, 2.24) is 14.9 Å². The lowest BCUT2D eigenvalue weighted by Gasteiger charge is -2.12. The molecule has 2 aromatic heterocycles. The molecular weight excluding hydrogens is 492 g/mol. The molecule has 8 nitrogen and oxygen atoms in total. The SMILES string of the molecule is CNc1ccccc1-c1ccc(NC(=O)c2cc(C(F)(F)F)nn2-c2ccc3onc(N)c3c2)cc1F. The van der Waals surface area contributed by atoms with Crippen LogP contribution >= 0.6 is 0 Å². The van der Waals surface area contributed by atoms with E-state index < -0.39 is 29.3 Å². The molecule has 0 unspecified atom stereocenters. The highest BCUT2D eigenvalue weighted by atomic mass is 19.4. The Morgan fingerprint density at radius 1 is 1.03 bits per heavy atom. The number of carbonyl (C=O) groups excluding carboxylic acids is 1. The summed E-state index contributed by atoms with van der Waals surface area (Å²) in [4.78, 5) is 13.1. The van der Waals surface area contributed by atoms with Gasteiger partial charge in [-0.1, -0.05) is 23.4 Å². The summed E-state index contributed by atoms with van der Waals surface area (Å²) in [5.41, 5.74) is 6.12. The van der Waals surface area contributed by atoms with Crippen LogP contribution in [0.15, 0.2) is 71.3 Å². The molecule has 37 heavy (non-hydrogen) atoms. The van der Waals surface area contributed by atoms with E-state index in [-0.39, 0.29) is 22.8 Å². The highest BCUT2D eigenvalue weighted by Gasteiger charge is 2.36. The van der Waals surface area contributed by atoms with Crippen LogP contribution in [0.1, 0.15) is 16.2 Å². The third-order valence-corrected chi connectivity index (χ3v) is 5.67. The minimum absolute atomic E-state index is 0.0291. The van der Waals surface area contributed by atoms with Gasteiger partial charge in [-0.15, -0.1) is 0 Å². The number of carbonyl (C=O) groups is 1. The molecule has 0 aliphatic carbocycles. The van der Waals surface area contributed by atoms with Crippen molar-refractivity contribution in [2.45, 2.75) is 6.18 Å². The first-order chi connectivity index (χ1) is 17.7. The van der Waals surface area contributed by atoms with Gasteiger partial charge in [0.2, 0.25) is 0 Å². The number of alkyl halides is 3. The van der Waals surface area contributed by atoms with Crippen molar-refractivity contribution in [2.75, 3.05) is 23.4 Å². The van der Waals surface area contributed by atoms with Gasteiger partial charge in [0.05, 0.1) is 11.1 Å². The molecule has 5 aromatic rings. The minimum Gasteiger partial charge on any atom is -0.388 e. The lowest BCUT2D eigenvalue weighted by Crippen LogP contribution is -2.17. The van der Waals surface area contributed by atoms with Crippen LogP contribution < -0.4 is 16.4 Å². The summed E-state index contributed by atoms with van der Waals surface area (Å²) in [6.07, 6.45) is -4.81. The largest absolute Gasteiger partial charge is 0.435 e. The first-order valence-corrected chi connectivity index (χ1v) is 10.9. The Bertz CT molecular complexity index is 1640. The Morgan fingerprint density at radius 2 is 1.81 bits per heavy atom. The number of halogens is 4. The van der Waals surface area contributed by atoms with Crippen molar-refractivity contribution in [3.05, 3.63) is 83.9 Å². The van der Waals surface area contributed by atoms with Crippen molar-refractivity contribution in [3.8, 4) is 16.8 Å². The second kappa shape index (κ2) is 8.97. The van der Waals surface area contributed by atoms with Crippen LogP contribution in [0.2, 0.25) is 0 Å². The predicted molar refractivity (Wildman–Crippen MR) is 130 cm³/mol. The molecule has 0 fully saturated rings. The number of aromatic nitrogens is 3. The number of anilines is 3. The van der Waals surface area contributed by atoms with E-state index in [9.17, 15) is 22.4 Å². The average molecular weight is 510 g/mol. The zero-order chi connectivity index (χ0) is 26.3. The summed E-state index contributed by atoms with van der Waals surface area (Å²) < 4.78 is 61.2. The summed E-state index contributed by atoms with van der Waals surface area (Å²) >= 11 is 0. The van der Waals surface area contributed by atoms with Gasteiger partial charge in [0.15, 0.2) is 17.1 Å². The number of hydrogen-bond donors (Lipinski definition) is 3. The van der Waals surface area contributed by atoms with Gasteiger partial charge in [-0.25, -0.2) is 9.07 Å². The maximum Gasteiger partial charge on any atom is 0.435 e. The van der Waals surface area contributed by atoms with Crippen LogP contribution in [-0.2, 0) is 6.18 Å². The van der Waals surface area contributed by atoms with E-state index in [1.807, 2.05) is 0 Å². The van der Waals surface area contributed by atoms with E-state index in [1.54, 1.807) is 31.3 Å². The summed E-state index contributed by atoms with van der Waals surface area (Å²) in [5, 5.41) is 13.0. The Hall–Kier alpha value is -4.87. The molecule has 0 spiro atoms. The normalized spacial score (nSPS) is 11.6. The molecule has 0 saturated carbocycles. The molecule has 4 N–H and O–H groups in total. The quantitative estimate of drug-likeness (QED) is 0.261. The van der Waals surface area contributed by atoms with Gasteiger partial charge in [0.25, 0.3) is 5.91 Å². The Morgan fingerprint density at radius 3 is 2.54 bits per heavy atom. The Labute approximate surface area is 206 Å².